The summed E-state index contributed by atoms with van der Waals surface area (Å²) in [6.07, 6.45) is 2.05. The van der Waals surface area contributed by atoms with Crippen molar-refractivity contribution in [3.8, 4) is 0 Å². The van der Waals surface area contributed by atoms with E-state index in [2.05, 4.69) is 10.6 Å². The third kappa shape index (κ3) is 3.62. The third-order valence-corrected chi connectivity index (χ3v) is 2.35. The largest absolute Gasteiger partial charge is 0.449 e. The lowest BCUT2D eigenvalue weighted by molar-refractivity contribution is 0.251. The highest BCUT2D eigenvalue weighted by Crippen LogP contribution is 2.06. The maximum absolute atomic E-state index is 12.9. The predicted octanol–water partition coefficient (Wildman–Crippen LogP) is 2.78. The minimum absolute atomic E-state index is 0.271. The van der Waals surface area contributed by atoms with Crippen molar-refractivity contribution in [1.82, 2.24) is 5.32 Å². The Balaban J connectivity index is 1.73. The summed E-state index contributed by atoms with van der Waals surface area (Å²) in [5.41, 5.74) is 0.841. The quantitative estimate of drug-likeness (QED) is 0.874. The van der Waals surface area contributed by atoms with Crippen molar-refractivity contribution in [2.24, 2.45) is 0 Å². The molecule has 5 heteroatoms. The second-order valence-electron chi connectivity index (χ2n) is 3.74. The first-order chi connectivity index (χ1) is 8.74. The molecule has 2 amide bonds. The molecule has 94 valence electrons. The number of hydrogen-bond acceptors (Lipinski definition) is 2. The van der Waals surface area contributed by atoms with Gasteiger partial charge >= 0.3 is 6.03 Å². The Labute approximate surface area is 104 Å². The lowest BCUT2D eigenvalue weighted by Crippen LogP contribution is -2.30. The number of carbonyl (C=O) groups excluding carboxylic acids is 1. The van der Waals surface area contributed by atoms with Crippen molar-refractivity contribution >= 4 is 11.9 Å². The first-order valence-corrected chi connectivity index (χ1v) is 5.57. The molecule has 0 unspecified atom stereocenters. The van der Waals surface area contributed by atoms with Gasteiger partial charge in [-0.3, -0.25) is 5.32 Å². The number of benzene rings is 1. The Hall–Kier alpha value is -2.30. The molecule has 0 saturated heterocycles. The number of nitrogens with one attached hydrogen (secondary N) is 2. The van der Waals surface area contributed by atoms with E-state index in [1.165, 1.54) is 18.4 Å². The van der Waals surface area contributed by atoms with Crippen LogP contribution in [0.2, 0.25) is 0 Å². The predicted molar refractivity (Wildman–Crippen MR) is 65.8 cm³/mol. The fourth-order valence-electron chi connectivity index (χ4n) is 1.52. The van der Waals surface area contributed by atoms with Crippen LogP contribution < -0.4 is 10.6 Å². The van der Waals surface area contributed by atoms with Gasteiger partial charge in [0, 0.05) is 12.6 Å². The Morgan fingerprint density at radius 2 is 2.17 bits per heavy atom. The number of urea groups is 1. The normalized spacial score (nSPS) is 10.1. The Morgan fingerprint density at radius 1 is 1.28 bits per heavy atom. The van der Waals surface area contributed by atoms with Crippen LogP contribution >= 0.6 is 0 Å². The molecular formula is C13H13FN2O2. The summed E-state index contributed by atoms with van der Waals surface area (Å²) in [7, 11) is 0. The fourth-order valence-corrected chi connectivity index (χ4v) is 1.52. The summed E-state index contributed by atoms with van der Waals surface area (Å²) in [6, 6.07) is 9.28. The van der Waals surface area contributed by atoms with Crippen LogP contribution in [0.5, 0.6) is 0 Å². The van der Waals surface area contributed by atoms with E-state index in [-0.39, 0.29) is 11.8 Å². The minimum atomic E-state index is -0.346. The third-order valence-electron chi connectivity index (χ3n) is 2.35. The highest BCUT2D eigenvalue weighted by atomic mass is 19.1. The van der Waals surface area contributed by atoms with Gasteiger partial charge in [-0.1, -0.05) is 12.1 Å². The van der Waals surface area contributed by atoms with Gasteiger partial charge in [0.2, 0.25) is 5.88 Å². The maximum atomic E-state index is 12.9. The zero-order valence-corrected chi connectivity index (χ0v) is 9.65. The molecule has 4 nitrogen and oxygen atoms in total. The zero-order chi connectivity index (χ0) is 12.8. The molecule has 0 radical (unpaired) electrons. The molecule has 1 aromatic carbocycles. The van der Waals surface area contributed by atoms with E-state index in [9.17, 15) is 9.18 Å². The van der Waals surface area contributed by atoms with Gasteiger partial charge in [0.1, 0.15) is 5.82 Å². The summed E-state index contributed by atoms with van der Waals surface area (Å²) in [5.74, 6) is 0.116. The molecule has 1 heterocycles. The minimum Gasteiger partial charge on any atom is -0.449 e. The molecule has 2 aromatic rings. The summed E-state index contributed by atoms with van der Waals surface area (Å²) >= 11 is 0. The first kappa shape index (κ1) is 12.2. The molecule has 0 aliphatic heterocycles. The lowest BCUT2D eigenvalue weighted by atomic mass is 10.1. The van der Waals surface area contributed by atoms with Crippen LogP contribution in [0.3, 0.4) is 0 Å². The molecule has 2 N–H and O–H groups in total. The van der Waals surface area contributed by atoms with Crippen LogP contribution in [-0.2, 0) is 6.42 Å². The molecule has 0 aliphatic rings. The van der Waals surface area contributed by atoms with Gasteiger partial charge in [0.05, 0.1) is 6.26 Å². The zero-order valence-electron chi connectivity index (χ0n) is 9.65. The highest BCUT2D eigenvalue weighted by Gasteiger charge is 2.02. The van der Waals surface area contributed by atoms with Gasteiger partial charge in [-0.25, -0.2) is 9.18 Å². The summed E-state index contributed by atoms with van der Waals surface area (Å²) in [5, 5.41) is 5.19. The molecule has 0 aliphatic carbocycles. The lowest BCUT2D eigenvalue weighted by Gasteiger charge is -2.05. The van der Waals surface area contributed by atoms with Gasteiger partial charge in [-0.05, 0) is 30.2 Å². The summed E-state index contributed by atoms with van der Waals surface area (Å²) in [6.45, 7) is 0.427. The monoisotopic (exact) mass is 248 g/mol. The average molecular weight is 248 g/mol. The number of furan rings is 1. The Kier molecular flexibility index (Phi) is 3.96. The van der Waals surface area contributed by atoms with Gasteiger partial charge < -0.3 is 9.73 Å². The van der Waals surface area contributed by atoms with Crippen molar-refractivity contribution in [3.05, 3.63) is 54.0 Å². The molecule has 0 fully saturated rings. The van der Waals surface area contributed by atoms with Crippen molar-refractivity contribution in [1.29, 1.82) is 0 Å². The van der Waals surface area contributed by atoms with Gasteiger partial charge in [-0.15, -0.1) is 0 Å². The van der Waals surface area contributed by atoms with E-state index in [1.807, 2.05) is 6.07 Å². The maximum Gasteiger partial charge on any atom is 0.321 e. The number of amides is 2. The molecule has 2 rings (SSSR count). The smallest absolute Gasteiger partial charge is 0.321 e. The van der Waals surface area contributed by atoms with Crippen LogP contribution in [0.1, 0.15) is 5.56 Å². The van der Waals surface area contributed by atoms with E-state index < -0.39 is 0 Å². The number of anilines is 1. The van der Waals surface area contributed by atoms with Gasteiger partial charge in [0.25, 0.3) is 0 Å². The van der Waals surface area contributed by atoms with Crippen LogP contribution in [0.15, 0.2) is 47.1 Å². The van der Waals surface area contributed by atoms with E-state index in [0.717, 1.165) is 5.56 Å². The topological polar surface area (TPSA) is 54.3 Å². The number of rotatable bonds is 4. The van der Waals surface area contributed by atoms with Crippen LogP contribution in [0.25, 0.3) is 0 Å². The molecule has 0 spiro atoms. The van der Waals surface area contributed by atoms with Gasteiger partial charge in [0.15, 0.2) is 0 Å². The Morgan fingerprint density at radius 3 is 2.89 bits per heavy atom. The second-order valence-corrected chi connectivity index (χ2v) is 3.74. The molecule has 0 saturated carbocycles. The molecule has 1 aromatic heterocycles. The number of carbonyl (C=O) groups is 1. The van der Waals surface area contributed by atoms with Crippen LogP contribution in [0, 0.1) is 5.82 Å². The highest BCUT2D eigenvalue weighted by molar-refractivity contribution is 5.87. The molecule has 0 bridgehead atoms. The van der Waals surface area contributed by atoms with E-state index in [1.54, 1.807) is 18.2 Å². The second kappa shape index (κ2) is 5.86. The molecule has 0 atom stereocenters. The Bertz CT molecular complexity index is 511. The van der Waals surface area contributed by atoms with Crippen molar-refractivity contribution in [3.63, 3.8) is 0 Å². The molecule has 18 heavy (non-hydrogen) atoms. The number of halogens is 1. The van der Waals surface area contributed by atoms with Crippen LogP contribution in [-0.4, -0.2) is 12.6 Å². The van der Waals surface area contributed by atoms with Crippen molar-refractivity contribution in [2.75, 3.05) is 11.9 Å². The summed E-state index contributed by atoms with van der Waals surface area (Å²) in [4.78, 5) is 11.4. The SMILES string of the molecule is O=C(NCCc1cccc(F)c1)Nc1ccco1. The molecular weight excluding hydrogens is 235 g/mol. The van der Waals surface area contributed by atoms with E-state index in [0.29, 0.717) is 18.8 Å². The number of hydrogen-bond donors (Lipinski definition) is 2. The van der Waals surface area contributed by atoms with E-state index >= 15 is 0 Å². The van der Waals surface area contributed by atoms with Crippen LogP contribution in [0.4, 0.5) is 15.1 Å². The standard InChI is InChI=1S/C13H13FN2O2/c14-11-4-1-3-10(9-11)6-7-15-13(17)16-12-5-2-8-18-12/h1-5,8-9H,6-7H2,(H2,15,16,17). The van der Waals surface area contributed by atoms with E-state index in [4.69, 9.17) is 4.42 Å². The summed E-state index contributed by atoms with van der Waals surface area (Å²) < 4.78 is 17.9. The average Bonchev–Trinajstić information content (AvgIpc) is 2.82. The van der Waals surface area contributed by atoms with Gasteiger partial charge in [-0.2, -0.15) is 0 Å². The fraction of sp³-hybridized carbons (Fsp3) is 0.154. The van der Waals surface area contributed by atoms with Crippen molar-refractivity contribution < 1.29 is 13.6 Å². The van der Waals surface area contributed by atoms with Crippen molar-refractivity contribution in [2.45, 2.75) is 6.42 Å². The first-order valence-electron chi connectivity index (χ1n) is 5.57.